The number of likely N-dealkylation sites (tertiary alicyclic amines) is 1. The lowest BCUT2D eigenvalue weighted by Crippen LogP contribution is -2.47. The van der Waals surface area contributed by atoms with Crippen LogP contribution in [-0.2, 0) is 30.3 Å². The second-order valence-electron chi connectivity index (χ2n) is 12.8. The first-order valence-electron chi connectivity index (χ1n) is 15.7. The number of amides is 2. The largest absolute Gasteiger partial charge is 0.380 e. The summed E-state index contributed by atoms with van der Waals surface area (Å²) in [7, 11) is 1.63. The molecular formula is C34H46N2O5. The fourth-order valence-electron chi connectivity index (χ4n) is 7.32. The Hall–Kier alpha value is -2.80. The minimum absolute atomic E-state index is 0.00699. The Balaban J connectivity index is 1.35. The number of nitrogens with zero attached hydrogens (tertiary/aromatic N) is 2. The molecular weight excluding hydrogens is 516 g/mol. The Morgan fingerprint density at radius 3 is 2.63 bits per heavy atom. The monoisotopic (exact) mass is 562 g/mol. The molecule has 2 saturated heterocycles. The maximum absolute atomic E-state index is 14.3. The van der Waals surface area contributed by atoms with Crippen molar-refractivity contribution in [2.24, 2.45) is 17.3 Å². The number of ether oxygens (including phenoxy) is 1. The highest BCUT2D eigenvalue weighted by molar-refractivity contribution is 5.98. The SMILES string of the molecule is CO[C@@H]1C[C@H]2C(=O)C[C@]3(C(=O)N4CCC[C@@H]4C(=O)CCc4ccccc4)C[C@H]3/C=C\CCCCC[C@H](C)C(=O)N2C1. The van der Waals surface area contributed by atoms with Crippen molar-refractivity contribution in [2.75, 3.05) is 20.2 Å². The average Bonchev–Trinajstić information content (AvgIpc) is 3.31. The molecule has 0 bridgehead atoms. The second kappa shape index (κ2) is 13.0. The van der Waals surface area contributed by atoms with Gasteiger partial charge in [0, 0.05) is 45.4 Å². The van der Waals surface area contributed by atoms with Gasteiger partial charge in [-0.25, -0.2) is 0 Å². The van der Waals surface area contributed by atoms with E-state index in [1.807, 2.05) is 37.3 Å². The molecule has 3 aliphatic heterocycles. The lowest BCUT2D eigenvalue weighted by Gasteiger charge is -2.31. The number of carbonyl (C=O) groups is 4. The first-order chi connectivity index (χ1) is 19.8. The molecule has 7 nitrogen and oxygen atoms in total. The molecule has 1 aromatic carbocycles. The van der Waals surface area contributed by atoms with Crippen molar-refractivity contribution in [2.45, 2.75) is 102 Å². The van der Waals surface area contributed by atoms with Gasteiger partial charge in [0.1, 0.15) is 0 Å². The van der Waals surface area contributed by atoms with Crippen LogP contribution in [0.3, 0.4) is 0 Å². The lowest BCUT2D eigenvalue weighted by atomic mass is 9.89. The van der Waals surface area contributed by atoms with Gasteiger partial charge in [0.05, 0.1) is 23.6 Å². The van der Waals surface area contributed by atoms with Crippen LogP contribution in [0.2, 0.25) is 0 Å². The van der Waals surface area contributed by atoms with Crippen molar-refractivity contribution < 1.29 is 23.9 Å². The van der Waals surface area contributed by atoms with Crippen LogP contribution >= 0.6 is 0 Å². The van der Waals surface area contributed by atoms with Crippen molar-refractivity contribution in [1.29, 1.82) is 0 Å². The molecule has 1 aliphatic carbocycles. The van der Waals surface area contributed by atoms with Crippen LogP contribution in [0.15, 0.2) is 42.5 Å². The summed E-state index contributed by atoms with van der Waals surface area (Å²) in [4.78, 5) is 58.6. The third kappa shape index (κ3) is 6.50. The molecule has 41 heavy (non-hydrogen) atoms. The van der Waals surface area contributed by atoms with E-state index in [1.165, 1.54) is 0 Å². The van der Waals surface area contributed by atoms with Crippen LogP contribution in [-0.4, -0.2) is 71.6 Å². The van der Waals surface area contributed by atoms with E-state index in [4.69, 9.17) is 4.74 Å². The predicted molar refractivity (Wildman–Crippen MR) is 157 cm³/mol. The topological polar surface area (TPSA) is 84.0 Å². The van der Waals surface area contributed by atoms with Crippen molar-refractivity contribution >= 4 is 23.4 Å². The van der Waals surface area contributed by atoms with Gasteiger partial charge in [-0.2, -0.15) is 0 Å². The molecule has 222 valence electrons. The van der Waals surface area contributed by atoms with E-state index in [0.717, 1.165) is 44.1 Å². The van der Waals surface area contributed by atoms with Gasteiger partial charge < -0.3 is 14.5 Å². The summed E-state index contributed by atoms with van der Waals surface area (Å²) in [5.74, 6) is -0.113. The van der Waals surface area contributed by atoms with E-state index in [1.54, 1.807) is 16.9 Å². The Kier molecular flexibility index (Phi) is 9.42. The Morgan fingerprint density at radius 1 is 1.05 bits per heavy atom. The zero-order valence-corrected chi connectivity index (χ0v) is 24.8. The summed E-state index contributed by atoms with van der Waals surface area (Å²) in [5, 5.41) is 0. The number of fused-ring (bicyclic) bond motifs is 2. The molecule has 7 heteroatoms. The van der Waals surface area contributed by atoms with E-state index in [9.17, 15) is 19.2 Å². The predicted octanol–water partition coefficient (Wildman–Crippen LogP) is 4.92. The number of aryl methyl sites for hydroxylation is 1. The number of carbonyl (C=O) groups excluding carboxylic acids is 4. The minimum atomic E-state index is -0.818. The smallest absolute Gasteiger partial charge is 0.230 e. The van der Waals surface area contributed by atoms with Gasteiger partial charge in [0.15, 0.2) is 11.6 Å². The summed E-state index contributed by atoms with van der Waals surface area (Å²) in [5.41, 5.74) is 0.302. The van der Waals surface area contributed by atoms with E-state index in [2.05, 4.69) is 12.2 Å². The van der Waals surface area contributed by atoms with Gasteiger partial charge in [-0.1, -0.05) is 62.2 Å². The molecule has 6 atom stereocenters. The number of Topliss-reactive ketones (excluding diaryl/α,β-unsaturated/α-hetero) is 2. The van der Waals surface area contributed by atoms with Crippen LogP contribution in [0, 0.1) is 17.3 Å². The molecule has 3 heterocycles. The van der Waals surface area contributed by atoms with Crippen LogP contribution in [0.5, 0.6) is 0 Å². The van der Waals surface area contributed by atoms with Gasteiger partial charge in [-0.05, 0) is 56.4 Å². The van der Waals surface area contributed by atoms with Gasteiger partial charge in [0.25, 0.3) is 0 Å². The Bertz CT molecular complexity index is 1150. The number of hydrogen-bond acceptors (Lipinski definition) is 5. The van der Waals surface area contributed by atoms with E-state index in [0.29, 0.717) is 45.2 Å². The molecule has 3 fully saturated rings. The Labute approximate surface area is 244 Å². The first-order valence-corrected chi connectivity index (χ1v) is 15.7. The first kappa shape index (κ1) is 29.7. The zero-order chi connectivity index (χ0) is 29.0. The molecule has 0 spiro atoms. The number of benzene rings is 1. The van der Waals surface area contributed by atoms with Crippen molar-refractivity contribution in [3.8, 4) is 0 Å². The lowest BCUT2D eigenvalue weighted by molar-refractivity contribution is -0.146. The van der Waals surface area contributed by atoms with E-state index in [-0.39, 0.29) is 47.7 Å². The Morgan fingerprint density at radius 2 is 1.85 bits per heavy atom. The van der Waals surface area contributed by atoms with Gasteiger partial charge in [0.2, 0.25) is 11.8 Å². The van der Waals surface area contributed by atoms with Crippen LogP contribution in [0.4, 0.5) is 0 Å². The number of rotatable bonds is 6. The third-order valence-electron chi connectivity index (χ3n) is 9.99. The number of methoxy groups -OCH3 is 1. The molecule has 1 aromatic rings. The maximum Gasteiger partial charge on any atom is 0.230 e. The van der Waals surface area contributed by atoms with Gasteiger partial charge in [-0.3, -0.25) is 19.2 Å². The van der Waals surface area contributed by atoms with E-state index >= 15 is 0 Å². The maximum atomic E-state index is 14.3. The fraction of sp³-hybridized carbons (Fsp3) is 0.647. The summed E-state index contributed by atoms with van der Waals surface area (Å²) in [6.45, 7) is 2.95. The van der Waals surface area contributed by atoms with Gasteiger partial charge >= 0.3 is 0 Å². The van der Waals surface area contributed by atoms with Crippen LogP contribution in [0.1, 0.15) is 83.1 Å². The van der Waals surface area contributed by atoms with E-state index < -0.39 is 17.5 Å². The minimum Gasteiger partial charge on any atom is -0.380 e. The number of allylic oxidation sites excluding steroid dienone is 2. The average molecular weight is 563 g/mol. The molecule has 0 unspecified atom stereocenters. The molecule has 0 radical (unpaired) electrons. The number of hydrogen-bond donors (Lipinski definition) is 0. The number of ketones is 2. The van der Waals surface area contributed by atoms with Crippen molar-refractivity contribution in [3.63, 3.8) is 0 Å². The summed E-state index contributed by atoms with van der Waals surface area (Å²) < 4.78 is 5.60. The van der Waals surface area contributed by atoms with Crippen LogP contribution in [0.25, 0.3) is 0 Å². The van der Waals surface area contributed by atoms with Gasteiger partial charge in [-0.15, -0.1) is 0 Å². The van der Waals surface area contributed by atoms with Crippen molar-refractivity contribution in [1.82, 2.24) is 9.80 Å². The van der Waals surface area contributed by atoms with Crippen LogP contribution < -0.4 is 0 Å². The normalized spacial score (nSPS) is 33.5. The van der Waals surface area contributed by atoms with Crippen molar-refractivity contribution in [3.05, 3.63) is 48.0 Å². The summed E-state index contributed by atoms with van der Waals surface area (Å²) >= 11 is 0. The highest BCUT2D eigenvalue weighted by atomic mass is 16.5. The molecule has 0 aromatic heterocycles. The molecule has 4 aliphatic rings. The fourth-order valence-corrected chi connectivity index (χ4v) is 7.32. The zero-order valence-electron chi connectivity index (χ0n) is 24.8. The molecule has 5 rings (SSSR count). The highest BCUT2D eigenvalue weighted by Gasteiger charge is 2.62. The molecule has 2 amide bonds. The standard InChI is InChI=1S/C34H46N2O5/c1-24-12-7-4-3-5-10-15-26-21-34(26,22-31(38)29-20-27(41-2)23-36(29)32(24)39)33(40)35-19-11-16-28(35)30(37)18-17-25-13-8-6-9-14-25/h6,8-10,13-15,24,26-29H,3-5,7,11-12,16-23H2,1-2H3/b15-10-/t24-,26+,27+,28+,29-,34+/m0/s1. The summed E-state index contributed by atoms with van der Waals surface area (Å²) in [6.07, 6.45) is 12.8. The second-order valence-corrected chi connectivity index (χ2v) is 12.8. The molecule has 1 saturated carbocycles. The molecule has 0 N–H and O–H groups in total. The summed E-state index contributed by atoms with van der Waals surface area (Å²) in [6, 6.07) is 9.00. The third-order valence-corrected chi connectivity index (χ3v) is 9.99. The highest BCUT2D eigenvalue weighted by Crippen LogP contribution is 2.58. The quantitative estimate of drug-likeness (QED) is 0.460.